The molecule has 2 aromatic carbocycles. The highest BCUT2D eigenvalue weighted by molar-refractivity contribution is 5.85. The van der Waals surface area contributed by atoms with Gasteiger partial charge in [0.05, 0.1) is 12.1 Å². The normalized spacial score (nSPS) is 14.2. The molecule has 5 heteroatoms. The number of rotatable bonds is 5. The van der Waals surface area contributed by atoms with Gasteiger partial charge in [0.15, 0.2) is 0 Å². The Morgan fingerprint density at radius 1 is 1.07 bits per heavy atom. The number of benzene rings is 2. The Morgan fingerprint density at radius 3 is 2.50 bits per heavy atom. The minimum Gasteiger partial charge on any atom is -0.334 e. The van der Waals surface area contributed by atoms with Gasteiger partial charge in [0, 0.05) is 23.5 Å². The molecule has 1 aliphatic rings. The maximum atomic E-state index is 13.1. The number of carbonyl (C=O) groups is 1. The van der Waals surface area contributed by atoms with Gasteiger partial charge in [-0.05, 0) is 49.4 Å². The molecular weight excluding hydrogens is 374 g/mol. The van der Waals surface area contributed by atoms with Crippen molar-refractivity contribution in [3.63, 3.8) is 0 Å². The first-order valence-electron chi connectivity index (χ1n) is 10.7. The van der Waals surface area contributed by atoms with Crippen molar-refractivity contribution in [3.05, 3.63) is 81.1 Å². The summed E-state index contributed by atoms with van der Waals surface area (Å²) in [5.41, 5.74) is 4.63. The van der Waals surface area contributed by atoms with Crippen molar-refractivity contribution >= 4 is 16.9 Å². The predicted molar refractivity (Wildman–Crippen MR) is 121 cm³/mol. The molecule has 0 spiro atoms. The number of hydrogen-bond acceptors (Lipinski definition) is 2. The third-order valence-electron chi connectivity index (χ3n) is 6.17. The SMILES string of the molecule is Cc1ccc(C)c2[nH]c(=O)c(CN(C(=O)NCc3ccccc3)C3CCCC3)cc12. The largest absolute Gasteiger partial charge is 0.334 e. The molecular formula is C25H29N3O2. The van der Waals surface area contributed by atoms with E-state index in [0.717, 1.165) is 53.3 Å². The maximum absolute atomic E-state index is 13.1. The van der Waals surface area contributed by atoms with Crippen LogP contribution in [0.15, 0.2) is 53.3 Å². The van der Waals surface area contributed by atoms with Crippen molar-refractivity contribution in [2.24, 2.45) is 0 Å². The van der Waals surface area contributed by atoms with E-state index < -0.39 is 0 Å². The van der Waals surface area contributed by atoms with Gasteiger partial charge < -0.3 is 15.2 Å². The van der Waals surface area contributed by atoms with Crippen LogP contribution in [0.4, 0.5) is 4.79 Å². The van der Waals surface area contributed by atoms with Gasteiger partial charge in [-0.1, -0.05) is 55.3 Å². The molecule has 30 heavy (non-hydrogen) atoms. The zero-order valence-corrected chi connectivity index (χ0v) is 17.7. The topological polar surface area (TPSA) is 65.2 Å². The van der Waals surface area contributed by atoms with E-state index in [2.05, 4.69) is 16.4 Å². The molecule has 0 saturated heterocycles. The molecule has 2 N–H and O–H groups in total. The van der Waals surface area contributed by atoms with Crippen molar-refractivity contribution < 1.29 is 4.79 Å². The number of pyridine rings is 1. The number of H-pyrrole nitrogens is 1. The van der Waals surface area contributed by atoms with Gasteiger partial charge in [-0.2, -0.15) is 0 Å². The number of aromatic nitrogens is 1. The van der Waals surface area contributed by atoms with Crippen LogP contribution in [0.5, 0.6) is 0 Å². The molecule has 1 fully saturated rings. The Labute approximate surface area is 177 Å². The van der Waals surface area contributed by atoms with Crippen LogP contribution in [0, 0.1) is 13.8 Å². The molecule has 0 aliphatic heterocycles. The highest BCUT2D eigenvalue weighted by Gasteiger charge is 2.27. The average molecular weight is 404 g/mol. The Morgan fingerprint density at radius 2 is 1.77 bits per heavy atom. The van der Waals surface area contributed by atoms with Crippen molar-refractivity contribution in [2.75, 3.05) is 0 Å². The fraction of sp³-hybridized carbons (Fsp3) is 0.360. The third kappa shape index (κ3) is 4.25. The number of nitrogens with one attached hydrogen (secondary N) is 2. The number of urea groups is 1. The summed E-state index contributed by atoms with van der Waals surface area (Å²) < 4.78 is 0. The number of fused-ring (bicyclic) bond motifs is 1. The van der Waals surface area contributed by atoms with Gasteiger partial charge in [0.1, 0.15) is 0 Å². The summed E-state index contributed by atoms with van der Waals surface area (Å²) in [6.45, 7) is 4.85. The van der Waals surface area contributed by atoms with Gasteiger partial charge in [-0.25, -0.2) is 4.79 Å². The molecule has 1 heterocycles. The van der Waals surface area contributed by atoms with E-state index in [1.165, 1.54) is 0 Å². The van der Waals surface area contributed by atoms with Crippen LogP contribution in [0.1, 0.15) is 47.9 Å². The fourth-order valence-electron chi connectivity index (χ4n) is 4.38. The molecule has 0 unspecified atom stereocenters. The molecule has 4 rings (SSSR count). The Kier molecular flexibility index (Phi) is 5.88. The Balaban J connectivity index is 1.60. The van der Waals surface area contributed by atoms with E-state index in [0.29, 0.717) is 18.7 Å². The molecule has 0 bridgehead atoms. The van der Waals surface area contributed by atoms with Gasteiger partial charge in [-0.3, -0.25) is 4.79 Å². The first-order chi connectivity index (χ1) is 14.5. The second kappa shape index (κ2) is 8.74. The third-order valence-corrected chi connectivity index (χ3v) is 6.17. The Bertz CT molecular complexity index is 1100. The molecule has 3 aromatic rings. The summed E-state index contributed by atoms with van der Waals surface area (Å²) >= 11 is 0. The van der Waals surface area contributed by atoms with E-state index in [1.54, 1.807) is 0 Å². The van der Waals surface area contributed by atoms with Gasteiger partial charge in [-0.15, -0.1) is 0 Å². The molecule has 0 atom stereocenters. The van der Waals surface area contributed by atoms with Crippen LogP contribution in [0.25, 0.3) is 10.9 Å². The van der Waals surface area contributed by atoms with E-state index in [1.807, 2.05) is 61.2 Å². The number of carbonyl (C=O) groups excluding carboxylic acids is 1. The van der Waals surface area contributed by atoms with E-state index in [4.69, 9.17) is 0 Å². The number of nitrogens with zero attached hydrogens (tertiary/aromatic N) is 1. The lowest BCUT2D eigenvalue weighted by molar-refractivity contribution is 0.170. The van der Waals surface area contributed by atoms with E-state index in [9.17, 15) is 9.59 Å². The van der Waals surface area contributed by atoms with Crippen molar-refractivity contribution in [1.82, 2.24) is 15.2 Å². The summed E-state index contributed by atoms with van der Waals surface area (Å²) in [6, 6.07) is 16.0. The van der Waals surface area contributed by atoms with Crippen LogP contribution < -0.4 is 10.9 Å². The quantitative estimate of drug-likeness (QED) is 0.643. The average Bonchev–Trinajstić information content (AvgIpc) is 3.29. The smallest absolute Gasteiger partial charge is 0.318 e. The number of hydrogen-bond donors (Lipinski definition) is 2. The summed E-state index contributed by atoms with van der Waals surface area (Å²) in [6.07, 6.45) is 4.23. The van der Waals surface area contributed by atoms with Crippen molar-refractivity contribution in [1.29, 1.82) is 0 Å². The molecule has 156 valence electrons. The molecule has 2 amide bonds. The number of aryl methyl sites for hydroxylation is 2. The zero-order chi connectivity index (χ0) is 21.1. The van der Waals surface area contributed by atoms with Crippen LogP contribution >= 0.6 is 0 Å². The predicted octanol–water partition coefficient (Wildman–Crippen LogP) is 4.80. The molecule has 1 aliphatic carbocycles. The summed E-state index contributed by atoms with van der Waals surface area (Å²) in [5, 5.41) is 4.09. The zero-order valence-electron chi connectivity index (χ0n) is 17.7. The molecule has 5 nitrogen and oxygen atoms in total. The highest BCUT2D eigenvalue weighted by Crippen LogP contribution is 2.26. The highest BCUT2D eigenvalue weighted by atomic mass is 16.2. The lowest BCUT2D eigenvalue weighted by atomic mass is 10.0. The summed E-state index contributed by atoms with van der Waals surface area (Å²) in [4.78, 5) is 30.8. The van der Waals surface area contributed by atoms with Crippen LogP contribution in [0.3, 0.4) is 0 Å². The first-order valence-corrected chi connectivity index (χ1v) is 10.7. The molecule has 1 aromatic heterocycles. The fourth-order valence-corrected chi connectivity index (χ4v) is 4.38. The standard InChI is InChI=1S/C25H29N3O2/c1-17-12-13-18(2)23-22(17)14-20(24(29)27-23)16-28(21-10-6-7-11-21)25(30)26-15-19-8-4-3-5-9-19/h3-5,8-9,12-14,21H,6-7,10-11,15-16H2,1-2H3,(H,26,30)(H,27,29). The minimum absolute atomic E-state index is 0.105. The first kappa shape index (κ1) is 20.2. The van der Waals surface area contributed by atoms with E-state index >= 15 is 0 Å². The van der Waals surface area contributed by atoms with Gasteiger partial charge >= 0.3 is 6.03 Å². The lowest BCUT2D eigenvalue weighted by Crippen LogP contribution is -2.45. The van der Waals surface area contributed by atoms with Crippen LogP contribution in [-0.2, 0) is 13.1 Å². The molecule has 0 radical (unpaired) electrons. The van der Waals surface area contributed by atoms with Crippen molar-refractivity contribution in [3.8, 4) is 0 Å². The number of aromatic amines is 1. The summed E-state index contributed by atoms with van der Waals surface area (Å²) in [5.74, 6) is 0. The Hall–Kier alpha value is -3.08. The van der Waals surface area contributed by atoms with Gasteiger partial charge in [0.25, 0.3) is 5.56 Å². The maximum Gasteiger partial charge on any atom is 0.318 e. The monoisotopic (exact) mass is 403 g/mol. The van der Waals surface area contributed by atoms with Crippen molar-refractivity contribution in [2.45, 2.75) is 58.7 Å². The minimum atomic E-state index is -0.116. The van der Waals surface area contributed by atoms with Crippen LogP contribution in [0.2, 0.25) is 0 Å². The second-order valence-electron chi connectivity index (χ2n) is 8.32. The lowest BCUT2D eigenvalue weighted by Gasteiger charge is -2.29. The van der Waals surface area contributed by atoms with Gasteiger partial charge in [0.2, 0.25) is 0 Å². The van der Waals surface area contributed by atoms with Crippen LogP contribution in [-0.4, -0.2) is 22.0 Å². The molecule has 1 saturated carbocycles. The second-order valence-corrected chi connectivity index (χ2v) is 8.32. The summed E-state index contributed by atoms with van der Waals surface area (Å²) in [7, 11) is 0. The van der Waals surface area contributed by atoms with E-state index in [-0.39, 0.29) is 17.6 Å². The number of amides is 2.